The molecule has 1 aliphatic heterocycles. The number of hydrogen-bond donors (Lipinski definition) is 2. The highest BCUT2D eigenvalue weighted by Crippen LogP contribution is 2.08. The molecule has 0 aromatic heterocycles. The molecule has 0 spiro atoms. The van der Waals surface area contributed by atoms with E-state index in [4.69, 9.17) is 0 Å². The van der Waals surface area contributed by atoms with Gasteiger partial charge in [-0.15, -0.1) is 6.58 Å². The predicted molar refractivity (Wildman–Crippen MR) is 61.1 cm³/mol. The third kappa shape index (κ3) is 5.06. The van der Waals surface area contributed by atoms with Crippen LogP contribution >= 0.6 is 0 Å². The molecular weight excluding hydrogens is 172 g/mol. The van der Waals surface area contributed by atoms with Crippen LogP contribution in [0, 0.1) is 17.8 Å². The molecule has 1 heterocycles. The molecule has 1 rings (SSSR count). The maximum absolute atomic E-state index is 3.67. The van der Waals surface area contributed by atoms with E-state index in [2.05, 4.69) is 29.1 Å². The summed E-state index contributed by atoms with van der Waals surface area (Å²) in [5.74, 6) is 7.13. The van der Waals surface area contributed by atoms with Crippen molar-refractivity contribution in [1.82, 2.24) is 10.6 Å². The highest BCUT2D eigenvalue weighted by Gasteiger charge is 2.08. The molecule has 0 atom stereocenters. The van der Waals surface area contributed by atoms with Crippen LogP contribution in [0.2, 0.25) is 0 Å². The summed E-state index contributed by atoms with van der Waals surface area (Å²) in [5, 5.41) is 6.60. The fourth-order valence-electron chi connectivity index (χ4n) is 1.52. The highest BCUT2D eigenvalue weighted by atomic mass is 14.9. The van der Waals surface area contributed by atoms with Crippen LogP contribution in [0.25, 0.3) is 0 Å². The lowest BCUT2D eigenvalue weighted by molar-refractivity contribution is 0.447. The van der Waals surface area contributed by atoms with Crippen molar-refractivity contribution < 1.29 is 0 Å². The lowest BCUT2D eigenvalue weighted by Gasteiger charge is -2.17. The van der Waals surface area contributed by atoms with E-state index in [-0.39, 0.29) is 0 Å². The lowest BCUT2D eigenvalue weighted by Crippen LogP contribution is -2.27. The second kappa shape index (κ2) is 7.61. The molecule has 2 N–H and O–H groups in total. The summed E-state index contributed by atoms with van der Waals surface area (Å²) in [5.41, 5.74) is 0. The highest BCUT2D eigenvalue weighted by molar-refractivity contribution is 5.06. The normalized spacial score (nSPS) is 17.1. The summed E-state index contributed by atoms with van der Waals surface area (Å²) in [6.45, 7) is 7.73. The summed E-state index contributed by atoms with van der Waals surface area (Å²) in [4.78, 5) is 0. The number of piperidine rings is 1. The van der Waals surface area contributed by atoms with Crippen molar-refractivity contribution in [2.75, 3.05) is 26.2 Å². The van der Waals surface area contributed by atoms with Crippen LogP contribution in [-0.2, 0) is 0 Å². The Morgan fingerprint density at radius 3 is 2.93 bits per heavy atom. The summed E-state index contributed by atoms with van der Waals surface area (Å²) in [6.07, 6.45) is 5.36. The molecule has 2 nitrogen and oxygen atoms in total. The first-order chi connectivity index (χ1) is 6.93. The van der Waals surface area contributed by atoms with Gasteiger partial charge in [-0.2, -0.15) is 0 Å². The summed E-state index contributed by atoms with van der Waals surface area (Å²) < 4.78 is 0. The van der Waals surface area contributed by atoms with E-state index in [0.29, 0.717) is 5.92 Å². The van der Waals surface area contributed by atoms with Gasteiger partial charge in [0.1, 0.15) is 0 Å². The number of rotatable bonds is 4. The topological polar surface area (TPSA) is 24.1 Å². The van der Waals surface area contributed by atoms with Gasteiger partial charge in [-0.05, 0) is 38.9 Å². The first-order valence-electron chi connectivity index (χ1n) is 5.44. The molecule has 1 aliphatic rings. The molecule has 0 amide bonds. The second-order valence-corrected chi connectivity index (χ2v) is 3.60. The van der Waals surface area contributed by atoms with Crippen molar-refractivity contribution in [3.05, 3.63) is 12.7 Å². The largest absolute Gasteiger partial charge is 0.317 e. The summed E-state index contributed by atoms with van der Waals surface area (Å²) in [7, 11) is 0. The Balaban J connectivity index is 2.03. The molecule has 0 unspecified atom stereocenters. The van der Waals surface area contributed by atoms with E-state index in [0.717, 1.165) is 32.6 Å². The zero-order valence-corrected chi connectivity index (χ0v) is 8.81. The quantitative estimate of drug-likeness (QED) is 0.397. The van der Waals surface area contributed by atoms with Crippen LogP contribution in [0.3, 0.4) is 0 Å². The van der Waals surface area contributed by atoms with E-state index in [1.54, 1.807) is 0 Å². The fraction of sp³-hybridized carbons (Fsp3) is 0.667. The molecule has 0 aromatic rings. The predicted octanol–water partition coefficient (Wildman–Crippen LogP) is 1.16. The van der Waals surface area contributed by atoms with Crippen LogP contribution in [0.5, 0.6) is 0 Å². The van der Waals surface area contributed by atoms with Gasteiger partial charge in [0.2, 0.25) is 0 Å². The van der Waals surface area contributed by atoms with Gasteiger partial charge in [0.15, 0.2) is 0 Å². The monoisotopic (exact) mass is 192 g/mol. The Bertz CT molecular complexity index is 206. The molecule has 0 saturated carbocycles. The molecule has 0 radical (unpaired) electrons. The molecular formula is C12H20N2. The molecule has 0 aromatic carbocycles. The third-order valence-electron chi connectivity index (χ3n) is 2.38. The molecule has 0 bridgehead atoms. The minimum Gasteiger partial charge on any atom is -0.317 e. The fourth-order valence-corrected chi connectivity index (χ4v) is 1.52. The lowest BCUT2D eigenvalue weighted by atomic mass is 9.99. The van der Waals surface area contributed by atoms with E-state index >= 15 is 0 Å². The minimum absolute atomic E-state index is 0.623. The van der Waals surface area contributed by atoms with Crippen molar-refractivity contribution in [2.45, 2.75) is 19.3 Å². The van der Waals surface area contributed by atoms with Crippen LogP contribution in [0.1, 0.15) is 19.3 Å². The van der Waals surface area contributed by atoms with Crippen molar-refractivity contribution in [3.8, 4) is 11.8 Å². The Labute approximate surface area is 87.2 Å². The van der Waals surface area contributed by atoms with Gasteiger partial charge < -0.3 is 10.6 Å². The van der Waals surface area contributed by atoms with Crippen LogP contribution < -0.4 is 10.6 Å². The molecule has 14 heavy (non-hydrogen) atoms. The Hall–Kier alpha value is -0.780. The van der Waals surface area contributed by atoms with E-state index in [1.807, 2.05) is 6.08 Å². The zero-order chi connectivity index (χ0) is 10.1. The average Bonchev–Trinajstić information content (AvgIpc) is 2.25. The Morgan fingerprint density at radius 2 is 2.21 bits per heavy atom. The summed E-state index contributed by atoms with van der Waals surface area (Å²) >= 11 is 0. The summed E-state index contributed by atoms with van der Waals surface area (Å²) in [6, 6.07) is 0. The molecule has 1 saturated heterocycles. The van der Waals surface area contributed by atoms with E-state index in [1.165, 1.54) is 12.8 Å². The van der Waals surface area contributed by atoms with Gasteiger partial charge in [-0.1, -0.05) is 17.9 Å². The molecule has 2 heteroatoms. The first kappa shape index (κ1) is 11.3. The van der Waals surface area contributed by atoms with Gasteiger partial charge in [0.25, 0.3) is 0 Å². The van der Waals surface area contributed by atoms with E-state index < -0.39 is 0 Å². The molecule has 1 fully saturated rings. The van der Waals surface area contributed by atoms with Crippen molar-refractivity contribution >= 4 is 0 Å². The van der Waals surface area contributed by atoms with Crippen LogP contribution in [0.15, 0.2) is 12.7 Å². The van der Waals surface area contributed by atoms with Gasteiger partial charge >= 0.3 is 0 Å². The Kier molecular flexibility index (Phi) is 6.14. The second-order valence-electron chi connectivity index (χ2n) is 3.60. The average molecular weight is 192 g/mol. The van der Waals surface area contributed by atoms with Crippen molar-refractivity contribution in [2.24, 2.45) is 5.92 Å². The maximum Gasteiger partial charge on any atom is 0.0576 e. The maximum atomic E-state index is 3.67. The van der Waals surface area contributed by atoms with Crippen molar-refractivity contribution in [1.29, 1.82) is 0 Å². The molecule has 0 aliphatic carbocycles. The Morgan fingerprint density at radius 1 is 1.43 bits per heavy atom. The number of hydrogen-bond acceptors (Lipinski definition) is 2. The third-order valence-corrected chi connectivity index (χ3v) is 2.38. The van der Waals surface area contributed by atoms with Gasteiger partial charge in [0.05, 0.1) is 6.54 Å². The van der Waals surface area contributed by atoms with Gasteiger partial charge in [-0.3, -0.25) is 0 Å². The van der Waals surface area contributed by atoms with Crippen LogP contribution in [0.4, 0.5) is 0 Å². The SMILES string of the molecule is C=CCCNCC#CC1CCNCC1. The van der Waals surface area contributed by atoms with E-state index in [9.17, 15) is 0 Å². The van der Waals surface area contributed by atoms with Crippen LogP contribution in [-0.4, -0.2) is 26.2 Å². The zero-order valence-electron chi connectivity index (χ0n) is 8.81. The van der Waals surface area contributed by atoms with Crippen molar-refractivity contribution in [3.63, 3.8) is 0 Å². The van der Waals surface area contributed by atoms with Gasteiger partial charge in [-0.25, -0.2) is 0 Å². The minimum atomic E-state index is 0.623. The van der Waals surface area contributed by atoms with Gasteiger partial charge in [0, 0.05) is 5.92 Å². The standard InChI is InChI=1S/C12H20N2/c1-2-3-8-13-9-4-5-12-6-10-14-11-7-12/h2,12-14H,1,3,6-11H2. The molecule has 78 valence electrons. The number of nitrogens with one attached hydrogen (secondary N) is 2. The first-order valence-corrected chi connectivity index (χ1v) is 5.44. The smallest absolute Gasteiger partial charge is 0.0576 e.